The maximum Gasteiger partial charge on any atom is 0.305 e. The van der Waals surface area contributed by atoms with Gasteiger partial charge in [-0.2, -0.15) is 0 Å². The van der Waals surface area contributed by atoms with E-state index in [9.17, 15) is 19.5 Å². The Hall–Kier alpha value is -3.68. The molecule has 0 saturated heterocycles. The van der Waals surface area contributed by atoms with Crippen LogP contribution in [0.15, 0.2) is 41.3 Å². The van der Waals surface area contributed by atoms with Crippen molar-refractivity contribution in [1.82, 2.24) is 9.88 Å². The van der Waals surface area contributed by atoms with Crippen molar-refractivity contribution in [1.29, 1.82) is 0 Å². The smallest absolute Gasteiger partial charge is 0.305 e. The molecule has 0 bridgehead atoms. The monoisotopic (exact) mass is 579 g/mol. The van der Waals surface area contributed by atoms with Crippen LogP contribution >= 0.6 is 0 Å². The van der Waals surface area contributed by atoms with Gasteiger partial charge in [-0.15, -0.1) is 0 Å². The van der Waals surface area contributed by atoms with Crippen LogP contribution in [-0.4, -0.2) is 27.6 Å². The molecule has 42 heavy (non-hydrogen) atoms. The van der Waals surface area contributed by atoms with Crippen molar-refractivity contribution >= 4 is 28.5 Å². The van der Waals surface area contributed by atoms with Crippen molar-refractivity contribution in [2.75, 3.05) is 5.32 Å². The zero-order chi connectivity index (χ0) is 31.0. The Morgan fingerprint density at radius 1 is 1.07 bits per heavy atom. The average Bonchev–Trinajstić information content (AvgIpc) is 2.98. The molecule has 1 aliphatic rings. The summed E-state index contributed by atoms with van der Waals surface area (Å²) in [5.41, 5.74) is 2.76. The fourth-order valence-corrected chi connectivity index (χ4v) is 5.89. The van der Waals surface area contributed by atoms with Crippen LogP contribution in [0.4, 0.5) is 10.1 Å². The minimum absolute atomic E-state index is 0.0172. The van der Waals surface area contributed by atoms with Gasteiger partial charge in [-0.1, -0.05) is 65.2 Å². The Bertz CT molecular complexity index is 1460. The van der Waals surface area contributed by atoms with E-state index in [1.165, 1.54) is 12.5 Å². The van der Waals surface area contributed by atoms with E-state index in [2.05, 4.69) is 10.6 Å². The highest BCUT2D eigenvalue weighted by atomic mass is 19.1. The number of fused-ring (bicyclic) bond motifs is 1. The lowest BCUT2D eigenvalue weighted by atomic mass is 9.95. The highest BCUT2D eigenvalue weighted by Crippen LogP contribution is 2.30. The van der Waals surface area contributed by atoms with E-state index in [-0.39, 0.29) is 29.5 Å². The van der Waals surface area contributed by atoms with Gasteiger partial charge in [0.05, 0.1) is 23.7 Å². The van der Waals surface area contributed by atoms with Crippen LogP contribution in [0.25, 0.3) is 10.9 Å². The zero-order valence-electron chi connectivity index (χ0n) is 25.9. The van der Waals surface area contributed by atoms with Gasteiger partial charge in [0.2, 0.25) is 5.43 Å². The third-order valence-electron chi connectivity index (χ3n) is 8.37. The predicted octanol–water partition coefficient (Wildman–Crippen LogP) is 7.84. The van der Waals surface area contributed by atoms with Crippen molar-refractivity contribution < 1.29 is 19.1 Å². The second-order valence-electron chi connectivity index (χ2n) is 11.0. The number of nitrogens with zero attached hydrogens (tertiary/aromatic N) is 1. The number of aryl methyl sites for hydroxylation is 1. The summed E-state index contributed by atoms with van der Waals surface area (Å²) in [5, 5.41) is 15.9. The van der Waals surface area contributed by atoms with E-state index in [1.807, 2.05) is 58.2 Å². The summed E-state index contributed by atoms with van der Waals surface area (Å²) in [7, 11) is 0. The topological polar surface area (TPSA) is 100 Å². The summed E-state index contributed by atoms with van der Waals surface area (Å²) in [5.74, 6) is -2.27. The second-order valence-corrected chi connectivity index (χ2v) is 11.0. The fraction of sp³-hybridized carbons (Fsp3) is 0.500. The Morgan fingerprint density at radius 3 is 2.36 bits per heavy atom. The van der Waals surface area contributed by atoms with E-state index >= 15 is 4.39 Å². The molecular weight excluding hydrogens is 533 g/mol. The quantitative estimate of drug-likeness (QED) is 0.227. The summed E-state index contributed by atoms with van der Waals surface area (Å²) in [6.45, 7) is 11.9. The minimum atomic E-state index is -1.07. The third kappa shape index (κ3) is 7.39. The van der Waals surface area contributed by atoms with Crippen LogP contribution in [0.2, 0.25) is 0 Å². The summed E-state index contributed by atoms with van der Waals surface area (Å²) in [6.07, 6.45) is 8.08. The molecule has 0 spiro atoms. The van der Waals surface area contributed by atoms with Gasteiger partial charge in [0, 0.05) is 23.7 Å². The van der Waals surface area contributed by atoms with Crippen LogP contribution in [0.1, 0.15) is 118 Å². The molecule has 8 heteroatoms. The van der Waals surface area contributed by atoms with Crippen LogP contribution in [0, 0.1) is 19.7 Å². The van der Waals surface area contributed by atoms with Crippen molar-refractivity contribution in [2.24, 2.45) is 0 Å². The van der Waals surface area contributed by atoms with E-state index in [1.54, 1.807) is 18.3 Å². The number of aliphatic carboxylic acids is 1. The molecule has 7 nitrogen and oxygen atoms in total. The maximum absolute atomic E-state index is 15.4. The van der Waals surface area contributed by atoms with Gasteiger partial charge in [-0.05, 0) is 68.4 Å². The first-order valence-corrected chi connectivity index (χ1v) is 15.4. The van der Waals surface area contributed by atoms with Crippen molar-refractivity contribution in [3.8, 4) is 0 Å². The summed E-state index contributed by atoms with van der Waals surface area (Å²) in [4.78, 5) is 39.0. The van der Waals surface area contributed by atoms with E-state index < -0.39 is 29.2 Å². The van der Waals surface area contributed by atoms with Crippen molar-refractivity contribution in [3.05, 3.63) is 74.8 Å². The number of aromatic nitrogens is 1. The molecule has 1 fully saturated rings. The van der Waals surface area contributed by atoms with E-state index in [0.717, 1.165) is 49.7 Å². The average molecular weight is 580 g/mol. The van der Waals surface area contributed by atoms with Gasteiger partial charge in [0.25, 0.3) is 5.91 Å². The summed E-state index contributed by atoms with van der Waals surface area (Å²) >= 11 is 0. The van der Waals surface area contributed by atoms with Crippen molar-refractivity contribution in [2.45, 2.75) is 111 Å². The zero-order valence-corrected chi connectivity index (χ0v) is 25.9. The van der Waals surface area contributed by atoms with Gasteiger partial charge >= 0.3 is 5.97 Å². The number of carbonyl (C=O) groups is 2. The Labute approximate surface area is 248 Å². The molecule has 0 radical (unpaired) electrons. The molecule has 1 unspecified atom stereocenters. The molecule has 1 aromatic heterocycles. The number of halogens is 1. The van der Waals surface area contributed by atoms with Crippen molar-refractivity contribution in [3.63, 3.8) is 0 Å². The maximum atomic E-state index is 15.4. The van der Waals surface area contributed by atoms with E-state index in [4.69, 9.17) is 0 Å². The normalized spacial score (nSPS) is 14.3. The molecule has 0 aliphatic heterocycles. The molecular formula is C34H46FN3O4. The molecule has 1 aliphatic carbocycles. The SMILES string of the molecule is CC.CCC(CC)n1cc(C(=O)NC(CC(=O)O)c2cccc(C)c2C)c(=O)c2cc(F)c(NC3CCCCC3)cc21. The molecule has 4 rings (SSSR count). The number of anilines is 1. The Balaban J connectivity index is 0.00000237. The molecule has 1 heterocycles. The van der Waals surface area contributed by atoms with Crippen LogP contribution in [0.3, 0.4) is 0 Å². The highest BCUT2D eigenvalue weighted by Gasteiger charge is 2.25. The minimum Gasteiger partial charge on any atom is -0.481 e. The van der Waals surface area contributed by atoms with Gasteiger partial charge < -0.3 is 20.3 Å². The molecule has 1 amide bonds. The van der Waals surface area contributed by atoms with Crippen LogP contribution in [0.5, 0.6) is 0 Å². The Morgan fingerprint density at radius 2 is 1.74 bits per heavy atom. The largest absolute Gasteiger partial charge is 0.481 e. The predicted molar refractivity (Wildman–Crippen MR) is 168 cm³/mol. The van der Waals surface area contributed by atoms with Gasteiger partial charge in [-0.25, -0.2) is 4.39 Å². The number of rotatable bonds is 10. The first kappa shape index (κ1) is 32.8. The van der Waals surface area contributed by atoms with Crippen LogP contribution in [-0.2, 0) is 4.79 Å². The van der Waals surface area contributed by atoms with Gasteiger partial charge in [0.1, 0.15) is 11.4 Å². The van der Waals surface area contributed by atoms with E-state index in [0.29, 0.717) is 16.8 Å². The first-order chi connectivity index (χ1) is 20.1. The number of pyridine rings is 1. The van der Waals surface area contributed by atoms with Crippen LogP contribution < -0.4 is 16.1 Å². The number of carboxylic acid groups (broad SMARTS) is 1. The van der Waals surface area contributed by atoms with Gasteiger partial charge in [0.15, 0.2) is 0 Å². The summed E-state index contributed by atoms with van der Waals surface area (Å²) < 4.78 is 17.3. The molecule has 1 saturated carbocycles. The molecule has 3 aromatic rings. The number of amides is 1. The lowest BCUT2D eigenvalue weighted by molar-refractivity contribution is -0.137. The van der Waals surface area contributed by atoms with Gasteiger partial charge in [-0.3, -0.25) is 14.4 Å². The second kappa shape index (κ2) is 15.0. The highest BCUT2D eigenvalue weighted by molar-refractivity contribution is 5.98. The number of carboxylic acids is 1. The molecule has 228 valence electrons. The lowest BCUT2D eigenvalue weighted by Gasteiger charge is -2.26. The lowest BCUT2D eigenvalue weighted by Crippen LogP contribution is -2.34. The number of hydrogen-bond acceptors (Lipinski definition) is 4. The standard InChI is InChI=1S/C32H40FN3O4.C2H6/c1-5-22(6-2)36-18-25(32(40)35-27(17-30(37)38)23-14-10-11-19(3)20(23)4)31(39)24-15-26(33)28(16-29(24)36)34-21-12-8-7-9-13-21;1-2/h10-11,14-16,18,21-22,27,34H,5-9,12-13,17H2,1-4H3,(H,35,40)(H,37,38);1-2H3. The molecule has 1 atom stereocenters. The summed E-state index contributed by atoms with van der Waals surface area (Å²) in [6, 6.07) is 7.79. The molecule has 2 aromatic carbocycles. The third-order valence-corrected chi connectivity index (χ3v) is 8.37. The number of benzene rings is 2. The Kier molecular flexibility index (Phi) is 11.7. The molecule has 3 N–H and O–H groups in total. The fourth-order valence-electron chi connectivity index (χ4n) is 5.89. The first-order valence-electron chi connectivity index (χ1n) is 15.4. The number of carbonyl (C=O) groups excluding carboxylic acids is 1. The number of nitrogens with one attached hydrogen (secondary N) is 2. The number of hydrogen-bond donors (Lipinski definition) is 3.